The summed E-state index contributed by atoms with van der Waals surface area (Å²) in [6, 6.07) is 8.39. The van der Waals surface area contributed by atoms with E-state index in [0.717, 1.165) is 81.0 Å². The third kappa shape index (κ3) is 4.30. The van der Waals surface area contributed by atoms with Gasteiger partial charge in [-0.1, -0.05) is 45.7 Å². The van der Waals surface area contributed by atoms with Gasteiger partial charge in [0.1, 0.15) is 0 Å². The van der Waals surface area contributed by atoms with Crippen molar-refractivity contribution < 1.29 is 4.79 Å². The molecule has 0 unspecified atom stereocenters. The van der Waals surface area contributed by atoms with E-state index in [2.05, 4.69) is 56.9 Å². The highest BCUT2D eigenvalue weighted by Gasteiger charge is 2.29. The predicted molar refractivity (Wildman–Crippen MR) is 114 cm³/mol. The summed E-state index contributed by atoms with van der Waals surface area (Å²) in [4.78, 5) is 18.0. The van der Waals surface area contributed by atoms with Crippen LogP contribution < -0.4 is 0 Å². The second kappa shape index (κ2) is 9.37. The second-order valence-corrected chi connectivity index (χ2v) is 7.75. The first-order chi connectivity index (χ1) is 13.6. The molecule has 0 atom stereocenters. The third-order valence-corrected chi connectivity index (χ3v) is 5.59. The van der Waals surface area contributed by atoms with Gasteiger partial charge in [0.25, 0.3) is 5.91 Å². The molecule has 2 aromatic rings. The Morgan fingerprint density at radius 3 is 2.36 bits per heavy atom. The summed E-state index contributed by atoms with van der Waals surface area (Å²) < 4.78 is 2.02. The molecule has 0 aliphatic carbocycles. The lowest BCUT2D eigenvalue weighted by molar-refractivity contribution is 0.0641. The van der Waals surface area contributed by atoms with E-state index in [1.807, 2.05) is 9.58 Å². The van der Waals surface area contributed by atoms with E-state index in [1.54, 1.807) is 0 Å². The first kappa shape index (κ1) is 20.6. The zero-order chi connectivity index (χ0) is 20.1. The van der Waals surface area contributed by atoms with Crippen LogP contribution >= 0.6 is 0 Å². The van der Waals surface area contributed by atoms with Gasteiger partial charge in [0, 0.05) is 26.2 Å². The Morgan fingerprint density at radius 1 is 1.04 bits per heavy atom. The maximum Gasteiger partial charge on any atom is 0.257 e. The molecule has 28 heavy (non-hydrogen) atoms. The van der Waals surface area contributed by atoms with Crippen molar-refractivity contribution in [3.05, 3.63) is 46.8 Å². The molecule has 1 saturated heterocycles. The SMILES string of the molecule is CCCc1nn(-c2cccc(C)c2)c(CCC)c1C(=O)N1CCN(CC)CC1. The Kier molecular flexibility index (Phi) is 6.89. The number of nitrogens with zero attached hydrogens (tertiary/aromatic N) is 4. The molecule has 1 aromatic heterocycles. The van der Waals surface area contributed by atoms with Gasteiger partial charge in [-0.2, -0.15) is 5.10 Å². The highest BCUT2D eigenvalue weighted by atomic mass is 16.2. The number of aryl methyl sites for hydroxylation is 2. The van der Waals surface area contributed by atoms with Crippen LogP contribution in [0.5, 0.6) is 0 Å². The standard InChI is InChI=1S/C23H34N4O/c1-5-9-20-22(23(28)26-15-13-25(7-3)14-16-26)21(10-6-2)27(24-20)19-12-8-11-18(4)17-19/h8,11-12,17H,5-7,9-10,13-16H2,1-4H3. The second-order valence-electron chi connectivity index (χ2n) is 7.75. The van der Waals surface area contributed by atoms with Crippen LogP contribution in [0.3, 0.4) is 0 Å². The number of rotatable bonds is 7. The van der Waals surface area contributed by atoms with Crippen molar-refractivity contribution in [3.8, 4) is 5.69 Å². The Balaban J connectivity index is 2.02. The van der Waals surface area contributed by atoms with E-state index >= 15 is 0 Å². The summed E-state index contributed by atoms with van der Waals surface area (Å²) in [6.45, 7) is 13.2. The zero-order valence-corrected chi connectivity index (χ0v) is 17.9. The van der Waals surface area contributed by atoms with Crippen LogP contribution in [0, 0.1) is 6.92 Å². The predicted octanol–water partition coefficient (Wildman–Crippen LogP) is 3.86. The van der Waals surface area contributed by atoms with E-state index in [4.69, 9.17) is 5.10 Å². The van der Waals surface area contributed by atoms with Crippen LogP contribution in [0.4, 0.5) is 0 Å². The van der Waals surface area contributed by atoms with Crippen molar-refractivity contribution in [3.63, 3.8) is 0 Å². The minimum atomic E-state index is 0.168. The summed E-state index contributed by atoms with van der Waals surface area (Å²) in [5, 5.41) is 4.94. The summed E-state index contributed by atoms with van der Waals surface area (Å²) in [5.41, 5.74) is 5.14. The number of carbonyl (C=O) groups is 1. The fourth-order valence-electron chi connectivity index (χ4n) is 4.03. The van der Waals surface area contributed by atoms with Crippen LogP contribution in [-0.2, 0) is 12.8 Å². The van der Waals surface area contributed by atoms with Crippen LogP contribution in [0.15, 0.2) is 24.3 Å². The molecule has 0 N–H and O–H groups in total. The quantitative estimate of drug-likeness (QED) is 0.730. The number of piperazine rings is 1. The summed E-state index contributed by atoms with van der Waals surface area (Å²) in [5.74, 6) is 0.168. The van der Waals surface area contributed by atoms with Gasteiger partial charge in [0.05, 0.1) is 22.6 Å². The Labute approximate surface area is 169 Å². The minimum absolute atomic E-state index is 0.168. The zero-order valence-electron chi connectivity index (χ0n) is 17.9. The van der Waals surface area contributed by atoms with Gasteiger partial charge in [-0.3, -0.25) is 4.79 Å². The molecular weight excluding hydrogens is 348 g/mol. The van der Waals surface area contributed by atoms with Crippen LogP contribution in [0.25, 0.3) is 5.69 Å². The average molecular weight is 383 g/mol. The fourth-order valence-corrected chi connectivity index (χ4v) is 4.03. The monoisotopic (exact) mass is 382 g/mol. The van der Waals surface area contributed by atoms with Gasteiger partial charge in [-0.25, -0.2) is 4.68 Å². The van der Waals surface area contributed by atoms with E-state index in [-0.39, 0.29) is 5.91 Å². The molecular formula is C23H34N4O. The van der Waals surface area contributed by atoms with Crippen molar-refractivity contribution in [2.24, 2.45) is 0 Å². The van der Waals surface area contributed by atoms with Crippen molar-refractivity contribution in [1.82, 2.24) is 19.6 Å². The van der Waals surface area contributed by atoms with E-state index in [0.29, 0.717) is 0 Å². The van der Waals surface area contributed by atoms with Gasteiger partial charge in [0.15, 0.2) is 0 Å². The normalized spacial score (nSPS) is 15.2. The molecule has 1 aromatic carbocycles. The number of hydrogen-bond donors (Lipinski definition) is 0. The number of benzene rings is 1. The Morgan fingerprint density at radius 2 is 1.75 bits per heavy atom. The minimum Gasteiger partial charge on any atom is -0.336 e. The topological polar surface area (TPSA) is 41.4 Å². The summed E-state index contributed by atoms with van der Waals surface area (Å²) in [7, 11) is 0. The van der Waals surface area contributed by atoms with Gasteiger partial charge in [-0.05, 0) is 44.0 Å². The van der Waals surface area contributed by atoms with Crippen LogP contribution in [0.1, 0.15) is 60.9 Å². The van der Waals surface area contributed by atoms with Gasteiger partial charge in [-0.15, -0.1) is 0 Å². The van der Waals surface area contributed by atoms with Gasteiger partial charge >= 0.3 is 0 Å². The molecule has 2 heterocycles. The molecule has 152 valence electrons. The number of carbonyl (C=O) groups excluding carboxylic acids is 1. The highest BCUT2D eigenvalue weighted by Crippen LogP contribution is 2.24. The number of hydrogen-bond acceptors (Lipinski definition) is 3. The smallest absolute Gasteiger partial charge is 0.257 e. The molecule has 1 amide bonds. The maximum atomic E-state index is 13.6. The van der Waals surface area contributed by atoms with Crippen LogP contribution in [0.2, 0.25) is 0 Å². The molecule has 0 saturated carbocycles. The first-order valence-corrected chi connectivity index (χ1v) is 10.8. The number of amides is 1. The largest absolute Gasteiger partial charge is 0.336 e. The van der Waals surface area contributed by atoms with Crippen molar-refractivity contribution in [1.29, 1.82) is 0 Å². The van der Waals surface area contributed by atoms with Crippen LogP contribution in [-0.4, -0.2) is 58.2 Å². The van der Waals surface area contributed by atoms with E-state index in [9.17, 15) is 4.79 Å². The Bertz CT molecular complexity index is 803. The van der Waals surface area contributed by atoms with Crippen molar-refractivity contribution in [2.75, 3.05) is 32.7 Å². The highest BCUT2D eigenvalue weighted by molar-refractivity contribution is 5.97. The van der Waals surface area contributed by atoms with Crippen molar-refractivity contribution in [2.45, 2.75) is 53.4 Å². The van der Waals surface area contributed by atoms with Gasteiger partial charge < -0.3 is 9.80 Å². The molecule has 5 nitrogen and oxygen atoms in total. The third-order valence-electron chi connectivity index (χ3n) is 5.59. The lowest BCUT2D eigenvalue weighted by atomic mass is 10.0. The number of aromatic nitrogens is 2. The van der Waals surface area contributed by atoms with E-state index in [1.165, 1.54) is 5.56 Å². The molecule has 3 rings (SSSR count). The lowest BCUT2D eigenvalue weighted by Gasteiger charge is -2.34. The molecule has 5 heteroatoms. The summed E-state index contributed by atoms with van der Waals surface area (Å²) in [6.07, 6.45) is 3.68. The number of likely N-dealkylation sites (N-methyl/N-ethyl adjacent to an activating group) is 1. The summed E-state index contributed by atoms with van der Waals surface area (Å²) >= 11 is 0. The Hall–Kier alpha value is -2.14. The maximum absolute atomic E-state index is 13.6. The molecule has 0 spiro atoms. The molecule has 1 aliphatic rings. The fraction of sp³-hybridized carbons (Fsp3) is 0.565. The van der Waals surface area contributed by atoms with E-state index < -0.39 is 0 Å². The molecule has 0 radical (unpaired) electrons. The molecule has 1 aliphatic heterocycles. The van der Waals surface area contributed by atoms with Crippen molar-refractivity contribution >= 4 is 5.91 Å². The molecule has 1 fully saturated rings. The first-order valence-electron chi connectivity index (χ1n) is 10.8. The molecule has 0 bridgehead atoms. The van der Waals surface area contributed by atoms with Gasteiger partial charge in [0.2, 0.25) is 0 Å². The average Bonchev–Trinajstić information content (AvgIpc) is 3.06. The lowest BCUT2D eigenvalue weighted by Crippen LogP contribution is -2.48.